The van der Waals surface area contributed by atoms with Gasteiger partial charge in [0.2, 0.25) is 0 Å². The molecule has 7 heteroatoms. The van der Waals surface area contributed by atoms with Crippen molar-refractivity contribution >= 4 is 16.9 Å². The molecule has 4 aromatic rings. The van der Waals surface area contributed by atoms with Gasteiger partial charge in [-0.05, 0) is 25.1 Å². The molecule has 7 nitrogen and oxygen atoms in total. The van der Waals surface area contributed by atoms with Crippen molar-refractivity contribution in [1.82, 2.24) is 29.6 Å². The smallest absolute Gasteiger partial charge is 0.271 e. The molecule has 1 N–H and O–H groups in total. The maximum atomic E-state index is 13.1. The second kappa shape index (κ2) is 6.05. The fourth-order valence-electron chi connectivity index (χ4n) is 3.58. The number of carbonyl (C=O) groups is 1. The highest BCUT2D eigenvalue weighted by atomic mass is 16.2. The summed E-state index contributed by atoms with van der Waals surface area (Å²) in [6.07, 6.45) is 1.71. The van der Waals surface area contributed by atoms with Crippen molar-refractivity contribution in [3.8, 4) is 11.4 Å². The minimum absolute atomic E-state index is 0.0454. The highest BCUT2D eigenvalue weighted by molar-refractivity contribution is 5.97. The van der Waals surface area contributed by atoms with Crippen LogP contribution in [0, 0.1) is 0 Å². The van der Waals surface area contributed by atoms with Crippen LogP contribution in [0.5, 0.6) is 0 Å². The maximum absolute atomic E-state index is 13.1. The normalized spacial score (nSPS) is 16.5. The van der Waals surface area contributed by atoms with Gasteiger partial charge in [0, 0.05) is 23.7 Å². The van der Waals surface area contributed by atoms with Crippen LogP contribution in [0.2, 0.25) is 0 Å². The van der Waals surface area contributed by atoms with E-state index in [0.29, 0.717) is 24.6 Å². The molecule has 0 aliphatic carbocycles. The van der Waals surface area contributed by atoms with Crippen molar-refractivity contribution in [2.45, 2.75) is 19.5 Å². The Morgan fingerprint density at radius 2 is 2.00 bits per heavy atom. The first-order valence-corrected chi connectivity index (χ1v) is 8.95. The zero-order valence-corrected chi connectivity index (χ0v) is 14.8. The first kappa shape index (κ1) is 15.7. The molecular weight excluding hydrogens is 340 g/mol. The van der Waals surface area contributed by atoms with Crippen molar-refractivity contribution in [3.63, 3.8) is 0 Å². The van der Waals surface area contributed by atoms with E-state index in [-0.39, 0.29) is 11.9 Å². The molecule has 1 atom stereocenters. The van der Waals surface area contributed by atoms with Crippen LogP contribution in [-0.2, 0) is 6.54 Å². The summed E-state index contributed by atoms with van der Waals surface area (Å²) in [6.45, 7) is 3.21. The summed E-state index contributed by atoms with van der Waals surface area (Å²) in [6, 6.07) is 15.4. The molecule has 1 aliphatic heterocycles. The number of hydrogen-bond donors (Lipinski definition) is 1. The van der Waals surface area contributed by atoms with Crippen LogP contribution in [0.3, 0.4) is 0 Å². The van der Waals surface area contributed by atoms with Crippen LogP contribution in [0.1, 0.15) is 29.3 Å². The van der Waals surface area contributed by atoms with Crippen molar-refractivity contribution in [2.75, 3.05) is 6.54 Å². The Morgan fingerprint density at radius 3 is 2.81 bits per heavy atom. The van der Waals surface area contributed by atoms with E-state index >= 15 is 0 Å². The molecule has 0 saturated carbocycles. The second-order valence-electron chi connectivity index (χ2n) is 6.68. The number of aromatic nitrogens is 5. The van der Waals surface area contributed by atoms with Gasteiger partial charge in [-0.25, -0.2) is 14.6 Å². The monoisotopic (exact) mass is 358 g/mol. The molecule has 0 radical (unpaired) electrons. The van der Waals surface area contributed by atoms with E-state index in [0.717, 1.165) is 22.4 Å². The van der Waals surface area contributed by atoms with Crippen LogP contribution in [0.4, 0.5) is 0 Å². The van der Waals surface area contributed by atoms with E-state index in [1.54, 1.807) is 6.20 Å². The lowest BCUT2D eigenvalue weighted by atomic mass is 10.2. The number of fused-ring (bicyclic) bond motifs is 2. The number of H-pyrrole nitrogens is 1. The molecule has 5 rings (SSSR count). The Bertz CT molecular complexity index is 1100. The number of hydrogen-bond acceptors (Lipinski definition) is 4. The third-order valence-electron chi connectivity index (χ3n) is 5.01. The molecule has 27 heavy (non-hydrogen) atoms. The van der Waals surface area contributed by atoms with Gasteiger partial charge in [0.25, 0.3) is 5.91 Å². The summed E-state index contributed by atoms with van der Waals surface area (Å²) in [4.78, 5) is 27.0. The Labute approximate surface area is 155 Å². The number of benzene rings is 1. The standard InChI is InChI=1S/C20H18N6O/c1-13-19-23-18(14-6-3-2-4-7-14)24-26(19)11-10-25(13)20(27)16-12-15-8-5-9-21-17(15)22-16/h2-9,12-13H,10-11H2,1H3,(H,21,22)/t13-/m0/s1. The van der Waals surface area contributed by atoms with Crippen molar-refractivity contribution in [2.24, 2.45) is 0 Å². The number of amides is 1. The van der Waals surface area contributed by atoms with Gasteiger partial charge >= 0.3 is 0 Å². The van der Waals surface area contributed by atoms with Crippen LogP contribution < -0.4 is 0 Å². The summed E-state index contributed by atoms with van der Waals surface area (Å²) >= 11 is 0. The largest absolute Gasteiger partial charge is 0.335 e. The van der Waals surface area contributed by atoms with Gasteiger partial charge < -0.3 is 9.88 Å². The highest BCUT2D eigenvalue weighted by Gasteiger charge is 2.32. The lowest BCUT2D eigenvalue weighted by molar-refractivity contribution is 0.0625. The molecule has 1 amide bonds. The number of nitrogens with zero attached hydrogens (tertiary/aromatic N) is 5. The molecule has 0 bridgehead atoms. The van der Waals surface area contributed by atoms with Gasteiger partial charge in [0.1, 0.15) is 17.2 Å². The first-order chi connectivity index (χ1) is 13.2. The second-order valence-corrected chi connectivity index (χ2v) is 6.68. The van der Waals surface area contributed by atoms with E-state index < -0.39 is 0 Å². The number of carbonyl (C=O) groups excluding carboxylic acids is 1. The van der Waals surface area contributed by atoms with E-state index in [9.17, 15) is 4.79 Å². The molecule has 4 heterocycles. The van der Waals surface area contributed by atoms with Crippen LogP contribution in [0.25, 0.3) is 22.4 Å². The maximum Gasteiger partial charge on any atom is 0.271 e. The molecule has 1 aromatic carbocycles. The van der Waals surface area contributed by atoms with Crippen molar-refractivity contribution in [3.05, 3.63) is 66.2 Å². The average Bonchev–Trinajstić information content (AvgIpc) is 3.33. The highest BCUT2D eigenvalue weighted by Crippen LogP contribution is 2.28. The Kier molecular flexibility index (Phi) is 3.53. The molecule has 0 fully saturated rings. The summed E-state index contributed by atoms with van der Waals surface area (Å²) in [5.41, 5.74) is 2.25. The van der Waals surface area contributed by atoms with E-state index in [1.165, 1.54) is 0 Å². The van der Waals surface area contributed by atoms with Crippen LogP contribution >= 0.6 is 0 Å². The zero-order chi connectivity index (χ0) is 18.4. The minimum Gasteiger partial charge on any atom is -0.335 e. The summed E-state index contributed by atoms with van der Waals surface area (Å²) < 4.78 is 1.91. The fourth-order valence-corrected chi connectivity index (χ4v) is 3.58. The molecular formula is C20H18N6O. The Hall–Kier alpha value is -3.48. The minimum atomic E-state index is -0.157. The topological polar surface area (TPSA) is 79.7 Å². The van der Waals surface area contributed by atoms with Gasteiger partial charge in [0.15, 0.2) is 5.82 Å². The third-order valence-corrected chi connectivity index (χ3v) is 5.01. The van der Waals surface area contributed by atoms with Gasteiger partial charge in [-0.15, -0.1) is 0 Å². The van der Waals surface area contributed by atoms with Gasteiger partial charge in [-0.2, -0.15) is 5.10 Å². The molecule has 0 saturated heterocycles. The number of aromatic amines is 1. The summed E-state index contributed by atoms with van der Waals surface area (Å²) in [5, 5.41) is 5.55. The molecule has 3 aromatic heterocycles. The lowest BCUT2D eigenvalue weighted by Crippen LogP contribution is -2.41. The SMILES string of the molecule is C[C@H]1c2nc(-c3ccccc3)nn2CCN1C(=O)c1cc2cccnc2[nH]1. The van der Waals surface area contributed by atoms with Gasteiger partial charge in [-0.3, -0.25) is 4.79 Å². The van der Waals surface area contributed by atoms with E-state index in [4.69, 9.17) is 4.98 Å². The molecule has 134 valence electrons. The quantitative estimate of drug-likeness (QED) is 0.597. The van der Waals surface area contributed by atoms with E-state index in [2.05, 4.69) is 15.1 Å². The molecule has 1 aliphatic rings. The van der Waals surface area contributed by atoms with Gasteiger partial charge in [0.05, 0.1) is 12.6 Å². The van der Waals surface area contributed by atoms with Gasteiger partial charge in [-0.1, -0.05) is 30.3 Å². The lowest BCUT2D eigenvalue weighted by Gasteiger charge is -2.32. The van der Waals surface area contributed by atoms with Crippen LogP contribution in [0.15, 0.2) is 54.7 Å². The predicted molar refractivity (Wildman–Crippen MR) is 101 cm³/mol. The predicted octanol–water partition coefficient (Wildman–Crippen LogP) is 3.04. The van der Waals surface area contributed by atoms with Crippen molar-refractivity contribution < 1.29 is 4.79 Å². The number of nitrogens with one attached hydrogen (secondary N) is 1. The third kappa shape index (κ3) is 2.59. The van der Waals surface area contributed by atoms with Crippen molar-refractivity contribution in [1.29, 1.82) is 0 Å². The first-order valence-electron chi connectivity index (χ1n) is 8.95. The number of rotatable bonds is 2. The van der Waals surface area contributed by atoms with E-state index in [1.807, 2.05) is 65.0 Å². The average molecular weight is 358 g/mol. The van der Waals surface area contributed by atoms with Crippen LogP contribution in [-0.4, -0.2) is 42.1 Å². The molecule has 0 unspecified atom stereocenters. The zero-order valence-electron chi connectivity index (χ0n) is 14.8. The summed E-state index contributed by atoms with van der Waals surface area (Å²) in [7, 11) is 0. The number of pyridine rings is 1. The Balaban J connectivity index is 1.46. The summed E-state index contributed by atoms with van der Waals surface area (Å²) in [5.74, 6) is 1.46. The fraction of sp³-hybridized carbons (Fsp3) is 0.200. The Morgan fingerprint density at radius 1 is 1.15 bits per heavy atom. The molecule has 0 spiro atoms.